The van der Waals surface area contributed by atoms with E-state index < -0.39 is 0 Å². The van der Waals surface area contributed by atoms with E-state index >= 15 is 0 Å². The summed E-state index contributed by atoms with van der Waals surface area (Å²) in [4.78, 5) is 17.2. The van der Waals surface area contributed by atoms with Gasteiger partial charge in [-0.25, -0.2) is 4.68 Å². The number of ether oxygens (including phenoxy) is 1. The Labute approximate surface area is 178 Å². The highest BCUT2D eigenvalue weighted by atomic mass is 32.1. The summed E-state index contributed by atoms with van der Waals surface area (Å²) in [5.74, 6) is 1.35. The van der Waals surface area contributed by atoms with Gasteiger partial charge in [-0.05, 0) is 44.2 Å². The molecule has 156 valence electrons. The van der Waals surface area contributed by atoms with Crippen LogP contribution in [-0.4, -0.2) is 31.6 Å². The number of hydrogen-bond donors (Lipinski definition) is 1. The number of aromatic nitrogens is 5. The number of anilines is 1. The van der Waals surface area contributed by atoms with Crippen LogP contribution in [0.2, 0.25) is 0 Å². The Morgan fingerprint density at radius 3 is 3.03 bits per heavy atom. The van der Waals surface area contributed by atoms with Gasteiger partial charge in [0.15, 0.2) is 0 Å². The Balaban J connectivity index is 1.21. The van der Waals surface area contributed by atoms with E-state index in [0.29, 0.717) is 36.6 Å². The van der Waals surface area contributed by atoms with Crippen molar-refractivity contribution < 1.29 is 4.74 Å². The average molecular weight is 425 g/mol. The molecule has 2 aliphatic rings. The molecule has 0 amide bonds. The second-order valence-corrected chi connectivity index (χ2v) is 9.27. The summed E-state index contributed by atoms with van der Waals surface area (Å²) in [5, 5.41) is 17.2. The van der Waals surface area contributed by atoms with Gasteiger partial charge in [-0.1, -0.05) is 17.4 Å². The number of hydrogen-bond acceptors (Lipinski definition) is 8. The minimum Gasteiger partial charge on any atom is -0.476 e. The Morgan fingerprint density at radius 1 is 1.30 bits per heavy atom. The van der Waals surface area contributed by atoms with Crippen LogP contribution in [0.3, 0.4) is 0 Å². The van der Waals surface area contributed by atoms with E-state index in [-0.39, 0.29) is 5.56 Å². The molecule has 1 N–H and O–H groups in total. The van der Waals surface area contributed by atoms with Crippen LogP contribution in [0.4, 0.5) is 5.69 Å². The molecule has 3 heterocycles. The lowest BCUT2D eigenvalue weighted by Gasteiger charge is -2.10. The molecule has 9 heteroatoms. The first kappa shape index (κ1) is 19.2. The molecule has 1 unspecified atom stereocenters. The van der Waals surface area contributed by atoms with Crippen LogP contribution in [0.15, 0.2) is 23.0 Å². The first-order valence-electron chi connectivity index (χ1n) is 10.3. The lowest BCUT2D eigenvalue weighted by atomic mass is 10.1. The second kappa shape index (κ2) is 7.79. The van der Waals surface area contributed by atoms with Gasteiger partial charge < -0.3 is 10.1 Å². The average Bonchev–Trinajstić information content (AvgIpc) is 3.14. The third-order valence-corrected chi connectivity index (χ3v) is 6.57. The van der Waals surface area contributed by atoms with Gasteiger partial charge in [-0.15, -0.1) is 15.3 Å². The fourth-order valence-corrected chi connectivity index (χ4v) is 4.64. The normalized spacial score (nSPS) is 19.5. The highest BCUT2D eigenvalue weighted by molar-refractivity contribution is 7.11. The summed E-state index contributed by atoms with van der Waals surface area (Å²) in [6, 6.07) is 6.09. The van der Waals surface area contributed by atoms with E-state index in [1.165, 1.54) is 39.4 Å². The van der Waals surface area contributed by atoms with Gasteiger partial charge in [0.05, 0.1) is 13.2 Å². The first-order chi connectivity index (χ1) is 14.6. The summed E-state index contributed by atoms with van der Waals surface area (Å²) >= 11 is 1.50. The van der Waals surface area contributed by atoms with Gasteiger partial charge in [0.2, 0.25) is 5.88 Å². The lowest BCUT2D eigenvalue weighted by molar-refractivity contribution is 0.278. The number of fused-ring (bicyclic) bond motifs is 1. The van der Waals surface area contributed by atoms with Gasteiger partial charge in [-0.2, -0.15) is 0 Å². The van der Waals surface area contributed by atoms with E-state index in [1.807, 2.05) is 6.92 Å². The zero-order valence-electron chi connectivity index (χ0n) is 17.1. The van der Waals surface area contributed by atoms with Gasteiger partial charge in [0, 0.05) is 36.3 Å². The maximum Gasteiger partial charge on any atom is 0.290 e. The Morgan fingerprint density at radius 2 is 2.20 bits per heavy atom. The van der Waals surface area contributed by atoms with Crippen molar-refractivity contribution >= 4 is 17.0 Å². The van der Waals surface area contributed by atoms with Crippen molar-refractivity contribution in [2.45, 2.75) is 45.1 Å². The van der Waals surface area contributed by atoms with Crippen molar-refractivity contribution in [3.8, 4) is 5.88 Å². The smallest absolute Gasteiger partial charge is 0.290 e. The highest BCUT2D eigenvalue weighted by Gasteiger charge is 2.40. The molecule has 8 nitrogen and oxygen atoms in total. The zero-order chi connectivity index (χ0) is 20.7. The van der Waals surface area contributed by atoms with E-state index in [1.54, 1.807) is 13.1 Å². The summed E-state index contributed by atoms with van der Waals surface area (Å²) in [6.07, 6.45) is 4.56. The summed E-state index contributed by atoms with van der Waals surface area (Å²) in [7, 11) is 1.63. The molecule has 1 saturated carbocycles. The van der Waals surface area contributed by atoms with Crippen molar-refractivity contribution in [3.05, 3.63) is 55.5 Å². The summed E-state index contributed by atoms with van der Waals surface area (Å²) < 4.78 is 7.24. The van der Waals surface area contributed by atoms with Crippen LogP contribution in [0, 0.1) is 12.8 Å². The largest absolute Gasteiger partial charge is 0.476 e. The Bertz CT molecular complexity index is 1140. The quantitative estimate of drug-likeness (QED) is 0.623. The molecule has 2 atom stereocenters. The molecule has 0 bridgehead atoms. The predicted molar refractivity (Wildman–Crippen MR) is 114 cm³/mol. The molecule has 1 fully saturated rings. The lowest BCUT2D eigenvalue weighted by Crippen LogP contribution is -2.24. The minimum absolute atomic E-state index is 0.199. The fraction of sp³-hybridized carbons (Fsp3) is 0.476. The van der Waals surface area contributed by atoms with Crippen LogP contribution in [0.1, 0.15) is 45.7 Å². The molecule has 0 aliphatic heterocycles. The molecule has 3 aromatic rings. The van der Waals surface area contributed by atoms with E-state index in [0.717, 1.165) is 29.3 Å². The third-order valence-electron chi connectivity index (χ3n) is 5.74. The summed E-state index contributed by atoms with van der Waals surface area (Å²) in [6.45, 7) is 2.92. The number of rotatable bonds is 7. The standard InChI is InChI=1S/C21H24N6O2S/c1-12-24-25-20(30-12)10-22-18-9-19(26-27(2)21(18)28)29-11-14-8-15(14)17-7-6-13-4-3-5-16(13)23-17/h6-7,9,14-15,22H,3-5,8,10-11H2,1-2H3/t14?,15-/m0/s1. The molecule has 0 spiro atoms. The SMILES string of the molecule is Cc1nnc(CNc2cc(OCC3C[C@@H]3c3ccc4c(n3)CCC4)nn(C)c2=O)s1. The maximum absolute atomic E-state index is 12.4. The molecule has 0 saturated heterocycles. The number of nitrogens with one attached hydrogen (secondary N) is 1. The Hall–Kier alpha value is -2.81. The maximum atomic E-state index is 12.4. The highest BCUT2D eigenvalue weighted by Crippen LogP contribution is 2.47. The molecular formula is C21H24N6O2S. The van der Waals surface area contributed by atoms with Crippen molar-refractivity contribution in [2.24, 2.45) is 13.0 Å². The topological polar surface area (TPSA) is 94.8 Å². The minimum atomic E-state index is -0.199. The van der Waals surface area contributed by atoms with Gasteiger partial charge in [-0.3, -0.25) is 9.78 Å². The van der Waals surface area contributed by atoms with Crippen LogP contribution in [0.25, 0.3) is 0 Å². The van der Waals surface area contributed by atoms with Crippen molar-refractivity contribution in [1.29, 1.82) is 0 Å². The second-order valence-electron chi connectivity index (χ2n) is 8.00. The van der Waals surface area contributed by atoms with Crippen molar-refractivity contribution in [1.82, 2.24) is 25.0 Å². The monoisotopic (exact) mass is 424 g/mol. The molecule has 0 aromatic carbocycles. The number of pyridine rings is 1. The number of nitrogens with zero attached hydrogens (tertiary/aromatic N) is 5. The third kappa shape index (κ3) is 3.94. The molecular weight excluding hydrogens is 400 g/mol. The molecule has 2 aliphatic carbocycles. The summed E-state index contributed by atoms with van der Waals surface area (Å²) in [5.41, 5.74) is 4.12. The molecule has 0 radical (unpaired) electrons. The van der Waals surface area contributed by atoms with Gasteiger partial charge in [0.25, 0.3) is 5.56 Å². The number of aryl methyl sites for hydroxylation is 4. The van der Waals surface area contributed by atoms with Crippen LogP contribution < -0.4 is 15.6 Å². The van der Waals surface area contributed by atoms with Crippen LogP contribution >= 0.6 is 11.3 Å². The van der Waals surface area contributed by atoms with E-state index in [2.05, 4.69) is 32.7 Å². The van der Waals surface area contributed by atoms with Crippen molar-refractivity contribution in [3.63, 3.8) is 0 Å². The first-order valence-corrected chi connectivity index (χ1v) is 11.1. The van der Waals surface area contributed by atoms with E-state index in [4.69, 9.17) is 9.72 Å². The van der Waals surface area contributed by atoms with Gasteiger partial charge in [0.1, 0.15) is 15.7 Å². The Kier molecular flexibility index (Phi) is 4.98. The predicted octanol–water partition coefficient (Wildman–Crippen LogP) is 2.62. The molecule has 3 aromatic heterocycles. The fourth-order valence-electron chi connectivity index (χ4n) is 3.99. The van der Waals surface area contributed by atoms with E-state index in [9.17, 15) is 4.79 Å². The van der Waals surface area contributed by atoms with Crippen molar-refractivity contribution in [2.75, 3.05) is 11.9 Å². The molecule has 5 rings (SSSR count). The van der Waals surface area contributed by atoms with Crippen LogP contribution in [-0.2, 0) is 26.4 Å². The zero-order valence-corrected chi connectivity index (χ0v) is 17.9. The van der Waals surface area contributed by atoms with Gasteiger partial charge >= 0.3 is 0 Å². The molecule has 30 heavy (non-hydrogen) atoms. The van der Waals surface area contributed by atoms with Crippen LogP contribution in [0.5, 0.6) is 5.88 Å².